The molecule has 0 unspecified atom stereocenters. The minimum absolute atomic E-state index is 1.02. The van der Waals surface area contributed by atoms with E-state index in [2.05, 4.69) is 46.8 Å². The molecule has 0 fully saturated rings. The highest BCUT2D eigenvalue weighted by atomic mass is 79.9. The average molecular weight is 259 g/mol. The van der Waals surface area contributed by atoms with E-state index >= 15 is 0 Å². The third-order valence-electron chi connectivity index (χ3n) is 1.58. The van der Waals surface area contributed by atoms with Gasteiger partial charge in [-0.05, 0) is 55.1 Å². The molecule has 1 aromatic rings. The second-order valence-corrected chi connectivity index (χ2v) is 4.24. The van der Waals surface area contributed by atoms with Crippen molar-refractivity contribution in [3.05, 3.63) is 29.0 Å². The van der Waals surface area contributed by atoms with Crippen molar-refractivity contribution in [3.63, 3.8) is 0 Å². The Kier molecular flexibility index (Phi) is 8.89. The number of nitrogens with zero attached hydrogens (tertiary/aromatic N) is 2. The van der Waals surface area contributed by atoms with Crippen LogP contribution in [0.5, 0.6) is 0 Å². The SMILES string of the molecule is Brc1cccnc1.CCCCN(C)C. The first kappa shape index (κ1) is 13.6. The monoisotopic (exact) mass is 258 g/mol. The molecule has 0 saturated heterocycles. The summed E-state index contributed by atoms with van der Waals surface area (Å²) < 4.78 is 1.02. The van der Waals surface area contributed by atoms with E-state index in [4.69, 9.17) is 0 Å². The van der Waals surface area contributed by atoms with Gasteiger partial charge >= 0.3 is 0 Å². The van der Waals surface area contributed by atoms with Gasteiger partial charge in [0, 0.05) is 16.9 Å². The fourth-order valence-electron chi connectivity index (χ4n) is 0.816. The first-order valence-corrected chi connectivity index (χ1v) is 5.66. The summed E-state index contributed by atoms with van der Waals surface area (Å²) in [5.74, 6) is 0. The van der Waals surface area contributed by atoms with Crippen LogP contribution in [0.15, 0.2) is 29.0 Å². The molecule has 0 aliphatic carbocycles. The van der Waals surface area contributed by atoms with Crippen molar-refractivity contribution in [2.75, 3.05) is 20.6 Å². The number of unbranched alkanes of at least 4 members (excludes halogenated alkanes) is 1. The van der Waals surface area contributed by atoms with E-state index in [1.807, 2.05) is 12.1 Å². The largest absolute Gasteiger partial charge is 0.309 e. The summed E-state index contributed by atoms with van der Waals surface area (Å²) in [4.78, 5) is 6.05. The fourth-order valence-corrected chi connectivity index (χ4v) is 1.09. The topological polar surface area (TPSA) is 16.1 Å². The Labute approximate surface area is 95.5 Å². The van der Waals surface area contributed by atoms with Crippen LogP contribution in [0.3, 0.4) is 0 Å². The lowest BCUT2D eigenvalue weighted by Gasteiger charge is -2.05. The van der Waals surface area contributed by atoms with Crippen LogP contribution in [0.4, 0.5) is 0 Å². The van der Waals surface area contributed by atoms with E-state index in [1.54, 1.807) is 12.4 Å². The van der Waals surface area contributed by atoms with Crippen LogP contribution in [-0.2, 0) is 0 Å². The van der Waals surface area contributed by atoms with E-state index in [0.29, 0.717) is 0 Å². The van der Waals surface area contributed by atoms with Crippen molar-refractivity contribution in [2.45, 2.75) is 19.8 Å². The van der Waals surface area contributed by atoms with Crippen molar-refractivity contribution < 1.29 is 0 Å². The zero-order valence-electron chi connectivity index (χ0n) is 9.20. The van der Waals surface area contributed by atoms with Crippen molar-refractivity contribution in [3.8, 4) is 0 Å². The maximum atomic E-state index is 3.84. The molecule has 1 heterocycles. The molecule has 0 aliphatic heterocycles. The lowest BCUT2D eigenvalue weighted by molar-refractivity contribution is 0.398. The molecular weight excluding hydrogens is 240 g/mol. The van der Waals surface area contributed by atoms with Crippen LogP contribution in [0.2, 0.25) is 0 Å². The van der Waals surface area contributed by atoms with Gasteiger partial charge in [0.2, 0.25) is 0 Å². The van der Waals surface area contributed by atoms with Crippen LogP contribution >= 0.6 is 15.9 Å². The first-order valence-electron chi connectivity index (χ1n) is 4.87. The van der Waals surface area contributed by atoms with Crippen molar-refractivity contribution >= 4 is 15.9 Å². The quantitative estimate of drug-likeness (QED) is 0.828. The summed E-state index contributed by atoms with van der Waals surface area (Å²) in [5, 5.41) is 0. The maximum Gasteiger partial charge on any atom is 0.0410 e. The minimum atomic E-state index is 1.02. The summed E-state index contributed by atoms with van der Waals surface area (Å²) in [7, 11) is 4.21. The van der Waals surface area contributed by atoms with Gasteiger partial charge < -0.3 is 4.90 Å². The van der Waals surface area contributed by atoms with Crippen molar-refractivity contribution in [2.24, 2.45) is 0 Å². The normalized spacial score (nSPS) is 9.50. The van der Waals surface area contributed by atoms with Gasteiger partial charge in [0.1, 0.15) is 0 Å². The van der Waals surface area contributed by atoms with Crippen molar-refractivity contribution in [1.82, 2.24) is 9.88 Å². The zero-order valence-corrected chi connectivity index (χ0v) is 10.8. The number of rotatable bonds is 3. The number of pyridine rings is 1. The third kappa shape index (κ3) is 9.68. The van der Waals surface area contributed by atoms with Crippen LogP contribution in [0, 0.1) is 0 Å². The summed E-state index contributed by atoms with van der Waals surface area (Å²) in [6.45, 7) is 3.44. The Morgan fingerprint density at radius 1 is 1.43 bits per heavy atom. The fraction of sp³-hybridized carbons (Fsp3) is 0.545. The molecule has 0 aromatic carbocycles. The van der Waals surface area contributed by atoms with E-state index in [0.717, 1.165) is 4.47 Å². The van der Waals surface area contributed by atoms with Crippen LogP contribution < -0.4 is 0 Å². The second-order valence-electron chi connectivity index (χ2n) is 3.33. The van der Waals surface area contributed by atoms with Crippen molar-refractivity contribution in [1.29, 1.82) is 0 Å². The lowest BCUT2D eigenvalue weighted by atomic mass is 10.3. The molecule has 0 bridgehead atoms. The highest BCUT2D eigenvalue weighted by molar-refractivity contribution is 9.10. The Hall–Kier alpha value is -0.410. The molecule has 0 radical (unpaired) electrons. The van der Waals surface area contributed by atoms with Crippen LogP contribution in [0.25, 0.3) is 0 Å². The van der Waals surface area contributed by atoms with Gasteiger partial charge in [-0.1, -0.05) is 13.3 Å². The molecule has 3 heteroatoms. The molecule has 80 valence electrons. The maximum absolute atomic E-state index is 3.84. The first-order chi connectivity index (χ1) is 6.66. The van der Waals surface area contributed by atoms with Crippen LogP contribution in [-0.4, -0.2) is 30.5 Å². The predicted molar refractivity (Wildman–Crippen MR) is 65.4 cm³/mol. The molecule has 1 aromatic heterocycles. The molecule has 14 heavy (non-hydrogen) atoms. The smallest absolute Gasteiger partial charge is 0.0410 e. The van der Waals surface area contributed by atoms with Gasteiger partial charge in [-0.2, -0.15) is 0 Å². The van der Waals surface area contributed by atoms with Gasteiger partial charge in [0.25, 0.3) is 0 Å². The predicted octanol–water partition coefficient (Wildman–Crippen LogP) is 3.19. The molecule has 1 rings (SSSR count). The molecule has 0 N–H and O–H groups in total. The second kappa shape index (κ2) is 9.16. The summed E-state index contributed by atoms with van der Waals surface area (Å²) in [6.07, 6.45) is 6.12. The highest BCUT2D eigenvalue weighted by Crippen LogP contribution is 2.02. The van der Waals surface area contributed by atoms with E-state index in [-0.39, 0.29) is 0 Å². The molecule has 2 nitrogen and oxygen atoms in total. The van der Waals surface area contributed by atoms with E-state index < -0.39 is 0 Å². The van der Waals surface area contributed by atoms with Gasteiger partial charge in [0.15, 0.2) is 0 Å². The van der Waals surface area contributed by atoms with Gasteiger partial charge in [-0.25, -0.2) is 0 Å². The molecule has 0 saturated carbocycles. The van der Waals surface area contributed by atoms with E-state index in [1.165, 1.54) is 19.4 Å². The number of hydrogen-bond donors (Lipinski definition) is 0. The Bertz CT molecular complexity index is 212. The summed E-state index contributed by atoms with van der Waals surface area (Å²) >= 11 is 3.25. The van der Waals surface area contributed by atoms with Gasteiger partial charge in [0.05, 0.1) is 0 Å². The summed E-state index contributed by atoms with van der Waals surface area (Å²) in [6, 6.07) is 3.82. The Morgan fingerprint density at radius 2 is 2.14 bits per heavy atom. The number of halogens is 1. The molecule has 0 spiro atoms. The number of aromatic nitrogens is 1. The van der Waals surface area contributed by atoms with Gasteiger partial charge in [-0.15, -0.1) is 0 Å². The Morgan fingerprint density at radius 3 is 2.36 bits per heavy atom. The molecule has 0 aliphatic rings. The van der Waals surface area contributed by atoms with Crippen LogP contribution in [0.1, 0.15) is 19.8 Å². The minimum Gasteiger partial charge on any atom is -0.309 e. The number of hydrogen-bond acceptors (Lipinski definition) is 2. The average Bonchev–Trinajstić information content (AvgIpc) is 2.17. The highest BCUT2D eigenvalue weighted by Gasteiger charge is 1.83. The molecule has 0 atom stereocenters. The molecule has 0 amide bonds. The zero-order chi connectivity index (χ0) is 10.8. The van der Waals surface area contributed by atoms with Gasteiger partial charge in [-0.3, -0.25) is 4.98 Å². The lowest BCUT2D eigenvalue weighted by Crippen LogP contribution is -2.12. The Balaban J connectivity index is 0.000000241. The third-order valence-corrected chi connectivity index (χ3v) is 2.05. The summed E-state index contributed by atoms with van der Waals surface area (Å²) in [5.41, 5.74) is 0. The molecular formula is C11H19BrN2. The standard InChI is InChI=1S/C6H15N.C5H4BrN/c1-4-5-6-7(2)3;6-5-2-1-3-7-4-5/h4-6H2,1-3H3;1-4H. The van der Waals surface area contributed by atoms with E-state index in [9.17, 15) is 0 Å².